The lowest BCUT2D eigenvalue weighted by molar-refractivity contribution is -0.120. The molecule has 1 aliphatic heterocycles. The van der Waals surface area contributed by atoms with Gasteiger partial charge in [-0.1, -0.05) is 30.5 Å². The number of fused-ring (bicyclic) bond motifs is 2. The van der Waals surface area contributed by atoms with E-state index in [0.717, 1.165) is 18.5 Å². The van der Waals surface area contributed by atoms with Gasteiger partial charge in [0.1, 0.15) is 0 Å². The zero-order chi connectivity index (χ0) is 10.5. The van der Waals surface area contributed by atoms with Gasteiger partial charge in [0.25, 0.3) is 0 Å². The summed E-state index contributed by atoms with van der Waals surface area (Å²) in [5.41, 5.74) is 3.34. The van der Waals surface area contributed by atoms with Crippen molar-refractivity contribution in [2.45, 2.75) is 38.0 Å². The van der Waals surface area contributed by atoms with Gasteiger partial charge in [0, 0.05) is 5.69 Å². The van der Waals surface area contributed by atoms with Crippen molar-refractivity contribution in [2.24, 2.45) is 0 Å². The average molecular weight is 201 g/mol. The van der Waals surface area contributed by atoms with Crippen LogP contribution >= 0.6 is 0 Å². The maximum atomic E-state index is 12.1. The molecular formula is C13H15NO. The van der Waals surface area contributed by atoms with Crippen LogP contribution in [0.15, 0.2) is 18.2 Å². The number of amides is 1. The van der Waals surface area contributed by atoms with Gasteiger partial charge in [0.15, 0.2) is 0 Å². The lowest BCUT2D eigenvalue weighted by Crippen LogP contribution is -2.30. The number of rotatable bonds is 0. The lowest BCUT2D eigenvalue weighted by atomic mass is 9.80. The van der Waals surface area contributed by atoms with Crippen LogP contribution in [-0.4, -0.2) is 5.91 Å². The van der Waals surface area contributed by atoms with Crippen LogP contribution < -0.4 is 5.32 Å². The van der Waals surface area contributed by atoms with Crippen molar-refractivity contribution in [3.05, 3.63) is 29.3 Å². The molecule has 0 saturated heterocycles. The van der Waals surface area contributed by atoms with E-state index in [0.29, 0.717) is 0 Å². The van der Waals surface area contributed by atoms with Crippen molar-refractivity contribution in [3.63, 3.8) is 0 Å². The largest absolute Gasteiger partial charge is 0.325 e. The second-order valence-corrected chi connectivity index (χ2v) is 4.79. The fourth-order valence-corrected chi connectivity index (χ4v) is 3.00. The number of aryl methyl sites for hydroxylation is 1. The smallest absolute Gasteiger partial charge is 0.235 e. The number of anilines is 1. The molecule has 0 aromatic heterocycles. The highest BCUT2D eigenvalue weighted by molar-refractivity contribution is 6.06. The summed E-state index contributed by atoms with van der Waals surface area (Å²) in [6.45, 7) is 2.09. The maximum Gasteiger partial charge on any atom is 0.235 e. The van der Waals surface area contributed by atoms with Crippen LogP contribution in [0.25, 0.3) is 0 Å². The number of benzene rings is 1. The quantitative estimate of drug-likeness (QED) is 0.687. The fourth-order valence-electron chi connectivity index (χ4n) is 3.00. The summed E-state index contributed by atoms with van der Waals surface area (Å²) in [5, 5.41) is 3.02. The molecule has 78 valence electrons. The SMILES string of the molecule is Cc1ccc2c(c1)C1(CCCC1)C(=O)N2. The molecule has 2 heteroatoms. The molecule has 0 bridgehead atoms. The van der Waals surface area contributed by atoms with Gasteiger partial charge in [0.2, 0.25) is 5.91 Å². The Labute approximate surface area is 89.7 Å². The molecule has 1 amide bonds. The van der Waals surface area contributed by atoms with E-state index < -0.39 is 0 Å². The van der Waals surface area contributed by atoms with Gasteiger partial charge in [-0.05, 0) is 31.4 Å². The molecule has 3 rings (SSSR count). The van der Waals surface area contributed by atoms with Gasteiger partial charge in [0.05, 0.1) is 5.41 Å². The Hall–Kier alpha value is -1.31. The highest BCUT2D eigenvalue weighted by Crippen LogP contribution is 2.48. The molecule has 1 aromatic carbocycles. The van der Waals surface area contributed by atoms with Gasteiger partial charge in [-0.15, -0.1) is 0 Å². The Bertz CT molecular complexity index is 430. The van der Waals surface area contributed by atoms with Gasteiger partial charge >= 0.3 is 0 Å². The molecule has 1 heterocycles. The molecule has 2 aliphatic rings. The van der Waals surface area contributed by atoms with E-state index in [9.17, 15) is 4.79 Å². The minimum absolute atomic E-state index is 0.179. The van der Waals surface area contributed by atoms with E-state index >= 15 is 0 Å². The highest BCUT2D eigenvalue weighted by Gasteiger charge is 2.48. The van der Waals surface area contributed by atoms with Crippen molar-refractivity contribution < 1.29 is 4.79 Å². The summed E-state index contributed by atoms with van der Waals surface area (Å²) in [5.74, 6) is 0.223. The minimum Gasteiger partial charge on any atom is -0.325 e. The molecular weight excluding hydrogens is 186 g/mol. The lowest BCUT2D eigenvalue weighted by Gasteiger charge is -2.20. The summed E-state index contributed by atoms with van der Waals surface area (Å²) >= 11 is 0. The second-order valence-electron chi connectivity index (χ2n) is 4.79. The number of carbonyl (C=O) groups excluding carboxylic acids is 1. The third kappa shape index (κ3) is 1.08. The molecule has 1 spiro atoms. The van der Waals surface area contributed by atoms with Crippen LogP contribution in [0, 0.1) is 6.92 Å². The van der Waals surface area contributed by atoms with Crippen LogP contribution in [0.4, 0.5) is 5.69 Å². The highest BCUT2D eigenvalue weighted by atomic mass is 16.2. The predicted octanol–water partition coefficient (Wildman–Crippen LogP) is 2.76. The zero-order valence-corrected chi connectivity index (χ0v) is 8.97. The predicted molar refractivity (Wildman–Crippen MR) is 60.0 cm³/mol. The second kappa shape index (κ2) is 2.84. The third-order valence-electron chi connectivity index (χ3n) is 3.83. The van der Waals surface area contributed by atoms with Crippen LogP contribution in [0.1, 0.15) is 36.8 Å². The molecule has 1 fully saturated rings. The number of hydrogen-bond donors (Lipinski definition) is 1. The third-order valence-corrected chi connectivity index (χ3v) is 3.83. The fraction of sp³-hybridized carbons (Fsp3) is 0.462. The van der Waals surface area contributed by atoms with E-state index in [1.807, 2.05) is 6.07 Å². The summed E-state index contributed by atoms with van der Waals surface area (Å²) in [7, 11) is 0. The van der Waals surface area contributed by atoms with Crippen molar-refractivity contribution >= 4 is 11.6 Å². The van der Waals surface area contributed by atoms with Gasteiger partial charge < -0.3 is 5.32 Å². The van der Waals surface area contributed by atoms with Crippen molar-refractivity contribution in [1.29, 1.82) is 0 Å². The topological polar surface area (TPSA) is 29.1 Å². The maximum absolute atomic E-state index is 12.1. The Kier molecular flexibility index (Phi) is 1.70. The zero-order valence-electron chi connectivity index (χ0n) is 8.97. The van der Waals surface area contributed by atoms with E-state index in [1.165, 1.54) is 24.0 Å². The first kappa shape index (κ1) is 8.96. The Morgan fingerprint density at radius 1 is 1.27 bits per heavy atom. The first-order valence-electron chi connectivity index (χ1n) is 5.65. The van der Waals surface area contributed by atoms with Crippen LogP contribution in [0.2, 0.25) is 0 Å². The summed E-state index contributed by atoms with van der Waals surface area (Å²) in [6, 6.07) is 6.28. The molecule has 1 aromatic rings. The molecule has 2 nitrogen and oxygen atoms in total. The number of hydrogen-bond acceptors (Lipinski definition) is 1. The van der Waals surface area contributed by atoms with E-state index in [2.05, 4.69) is 24.4 Å². The first-order valence-corrected chi connectivity index (χ1v) is 5.65. The average Bonchev–Trinajstić information content (AvgIpc) is 2.78. The molecule has 1 N–H and O–H groups in total. The van der Waals surface area contributed by atoms with Crippen LogP contribution in [0.3, 0.4) is 0 Å². The molecule has 0 atom stereocenters. The molecule has 1 aliphatic carbocycles. The summed E-state index contributed by atoms with van der Waals surface area (Å²) in [4.78, 5) is 12.1. The van der Waals surface area contributed by atoms with E-state index in [-0.39, 0.29) is 11.3 Å². The van der Waals surface area contributed by atoms with Crippen LogP contribution in [-0.2, 0) is 10.2 Å². The Balaban J connectivity index is 2.19. The monoisotopic (exact) mass is 201 g/mol. The Morgan fingerprint density at radius 2 is 2.00 bits per heavy atom. The van der Waals surface area contributed by atoms with E-state index in [1.54, 1.807) is 0 Å². The van der Waals surface area contributed by atoms with Crippen molar-refractivity contribution in [1.82, 2.24) is 0 Å². The minimum atomic E-state index is -0.179. The normalized spacial score (nSPS) is 21.8. The van der Waals surface area contributed by atoms with Gasteiger partial charge in [-0.2, -0.15) is 0 Å². The van der Waals surface area contributed by atoms with Gasteiger partial charge in [-0.25, -0.2) is 0 Å². The standard InChI is InChI=1S/C13H15NO/c1-9-4-5-11-10(8-9)13(12(15)14-11)6-2-3-7-13/h4-5,8H,2-3,6-7H2,1H3,(H,14,15). The summed E-state index contributed by atoms with van der Waals surface area (Å²) in [6.07, 6.45) is 4.41. The molecule has 0 unspecified atom stereocenters. The number of nitrogens with one attached hydrogen (secondary N) is 1. The van der Waals surface area contributed by atoms with E-state index in [4.69, 9.17) is 0 Å². The van der Waals surface area contributed by atoms with Crippen molar-refractivity contribution in [3.8, 4) is 0 Å². The first-order chi connectivity index (χ1) is 7.22. The van der Waals surface area contributed by atoms with Crippen LogP contribution in [0.5, 0.6) is 0 Å². The van der Waals surface area contributed by atoms with Crippen molar-refractivity contribution in [2.75, 3.05) is 5.32 Å². The summed E-state index contributed by atoms with van der Waals surface area (Å²) < 4.78 is 0. The number of carbonyl (C=O) groups is 1. The Morgan fingerprint density at radius 3 is 2.73 bits per heavy atom. The molecule has 1 saturated carbocycles. The molecule has 15 heavy (non-hydrogen) atoms. The molecule has 0 radical (unpaired) electrons. The van der Waals surface area contributed by atoms with Gasteiger partial charge in [-0.3, -0.25) is 4.79 Å².